The van der Waals surface area contributed by atoms with Crippen LogP contribution < -0.4 is 10.1 Å². The summed E-state index contributed by atoms with van der Waals surface area (Å²) in [6.07, 6.45) is 0. The minimum Gasteiger partial charge on any atom is -0.483 e. The fourth-order valence-corrected chi connectivity index (χ4v) is 3.41. The summed E-state index contributed by atoms with van der Waals surface area (Å²) in [6.45, 7) is 6.93. The van der Waals surface area contributed by atoms with E-state index in [0.717, 1.165) is 10.8 Å². The Bertz CT molecular complexity index is 1100. The first-order chi connectivity index (χ1) is 15.2. The number of halogens is 1. The SMILES string of the molecule is CC(C(=O)NC(C)(C)C)N(Cc1ccccc1F)C(=O)COc1cccc2ccccc12. The third kappa shape index (κ3) is 5.84. The van der Waals surface area contributed by atoms with Gasteiger partial charge in [0.05, 0.1) is 0 Å². The van der Waals surface area contributed by atoms with Crippen molar-refractivity contribution in [3.05, 3.63) is 78.1 Å². The summed E-state index contributed by atoms with van der Waals surface area (Å²) in [5, 5.41) is 4.77. The van der Waals surface area contributed by atoms with Gasteiger partial charge >= 0.3 is 0 Å². The third-order valence-corrected chi connectivity index (χ3v) is 5.06. The average Bonchev–Trinajstić information content (AvgIpc) is 2.75. The lowest BCUT2D eigenvalue weighted by molar-refractivity contribution is -0.142. The van der Waals surface area contributed by atoms with E-state index in [9.17, 15) is 14.0 Å². The van der Waals surface area contributed by atoms with E-state index in [0.29, 0.717) is 11.3 Å². The zero-order valence-electron chi connectivity index (χ0n) is 18.9. The maximum atomic E-state index is 14.3. The van der Waals surface area contributed by atoms with E-state index >= 15 is 0 Å². The van der Waals surface area contributed by atoms with Gasteiger partial charge in [-0.2, -0.15) is 0 Å². The number of fused-ring (bicyclic) bond motifs is 1. The molecule has 0 fully saturated rings. The van der Waals surface area contributed by atoms with Gasteiger partial charge in [-0.15, -0.1) is 0 Å². The molecule has 0 spiro atoms. The molecule has 0 radical (unpaired) electrons. The maximum Gasteiger partial charge on any atom is 0.261 e. The van der Waals surface area contributed by atoms with E-state index in [1.165, 1.54) is 11.0 Å². The van der Waals surface area contributed by atoms with Crippen LogP contribution >= 0.6 is 0 Å². The summed E-state index contributed by atoms with van der Waals surface area (Å²) < 4.78 is 20.1. The monoisotopic (exact) mass is 436 g/mol. The van der Waals surface area contributed by atoms with Gasteiger partial charge in [0.1, 0.15) is 17.6 Å². The van der Waals surface area contributed by atoms with Crippen molar-refractivity contribution in [2.24, 2.45) is 0 Å². The second-order valence-electron chi connectivity index (χ2n) is 8.79. The molecule has 3 aromatic rings. The van der Waals surface area contributed by atoms with Crippen LogP contribution in [0.15, 0.2) is 66.7 Å². The molecule has 1 N–H and O–H groups in total. The summed E-state index contributed by atoms with van der Waals surface area (Å²) in [4.78, 5) is 27.3. The number of amides is 2. The Morgan fingerprint density at radius 2 is 1.66 bits per heavy atom. The topological polar surface area (TPSA) is 58.6 Å². The molecule has 0 bridgehead atoms. The van der Waals surface area contributed by atoms with Crippen LogP contribution in [0.5, 0.6) is 5.75 Å². The Kier molecular flexibility index (Phi) is 7.13. The Labute approximate surface area is 188 Å². The van der Waals surface area contributed by atoms with E-state index < -0.39 is 23.3 Å². The molecule has 3 rings (SSSR count). The fraction of sp³-hybridized carbons (Fsp3) is 0.308. The highest BCUT2D eigenvalue weighted by Gasteiger charge is 2.29. The fourth-order valence-electron chi connectivity index (χ4n) is 3.41. The van der Waals surface area contributed by atoms with Crippen molar-refractivity contribution in [3.63, 3.8) is 0 Å². The van der Waals surface area contributed by atoms with Gasteiger partial charge in [0.25, 0.3) is 5.91 Å². The maximum absolute atomic E-state index is 14.3. The molecule has 0 aromatic heterocycles. The molecule has 1 atom stereocenters. The normalized spacial score (nSPS) is 12.3. The van der Waals surface area contributed by atoms with Crippen LogP contribution in [-0.2, 0) is 16.1 Å². The number of rotatable bonds is 7. The van der Waals surface area contributed by atoms with Gasteiger partial charge < -0.3 is 15.0 Å². The lowest BCUT2D eigenvalue weighted by Crippen LogP contribution is -2.53. The standard InChI is InChI=1S/C26H29FN2O3/c1-18(25(31)28-26(2,3)4)29(16-20-11-6-8-14-22(20)27)24(30)17-32-23-15-9-12-19-10-5-7-13-21(19)23/h5-15,18H,16-17H2,1-4H3,(H,28,31). The van der Waals surface area contributed by atoms with E-state index in [4.69, 9.17) is 4.74 Å². The molecular weight excluding hydrogens is 407 g/mol. The van der Waals surface area contributed by atoms with Crippen LogP contribution in [0.3, 0.4) is 0 Å². The highest BCUT2D eigenvalue weighted by Crippen LogP contribution is 2.25. The summed E-state index contributed by atoms with van der Waals surface area (Å²) >= 11 is 0. The van der Waals surface area contributed by atoms with Crippen molar-refractivity contribution >= 4 is 22.6 Å². The summed E-state index contributed by atoms with van der Waals surface area (Å²) in [6, 6.07) is 18.8. The zero-order valence-corrected chi connectivity index (χ0v) is 18.9. The molecule has 0 saturated heterocycles. The lowest BCUT2D eigenvalue weighted by atomic mass is 10.1. The summed E-state index contributed by atoms with van der Waals surface area (Å²) in [5.41, 5.74) is -0.126. The Morgan fingerprint density at radius 1 is 1.00 bits per heavy atom. The number of nitrogens with one attached hydrogen (secondary N) is 1. The van der Waals surface area contributed by atoms with Gasteiger partial charge in [0.2, 0.25) is 5.91 Å². The van der Waals surface area contributed by atoms with E-state index in [2.05, 4.69) is 5.32 Å². The Balaban J connectivity index is 1.82. The van der Waals surface area contributed by atoms with Crippen molar-refractivity contribution in [1.82, 2.24) is 10.2 Å². The zero-order chi connectivity index (χ0) is 23.3. The van der Waals surface area contributed by atoms with Gasteiger partial charge in [-0.3, -0.25) is 9.59 Å². The smallest absolute Gasteiger partial charge is 0.261 e. The van der Waals surface area contributed by atoms with Crippen LogP contribution in [0.1, 0.15) is 33.3 Å². The first-order valence-corrected chi connectivity index (χ1v) is 10.6. The molecular formula is C26H29FN2O3. The minimum absolute atomic E-state index is 0.0386. The Morgan fingerprint density at radius 3 is 2.38 bits per heavy atom. The summed E-state index contributed by atoms with van der Waals surface area (Å²) in [7, 11) is 0. The van der Waals surface area contributed by atoms with Crippen LogP contribution in [0.25, 0.3) is 10.8 Å². The molecule has 6 heteroatoms. The van der Waals surface area contributed by atoms with Crippen molar-refractivity contribution < 1.29 is 18.7 Å². The third-order valence-electron chi connectivity index (χ3n) is 5.06. The number of ether oxygens (including phenoxy) is 1. The van der Waals surface area contributed by atoms with E-state index in [1.54, 1.807) is 31.2 Å². The number of carbonyl (C=O) groups is 2. The molecule has 3 aromatic carbocycles. The van der Waals surface area contributed by atoms with Crippen molar-refractivity contribution in [1.29, 1.82) is 0 Å². The summed E-state index contributed by atoms with van der Waals surface area (Å²) in [5.74, 6) is -0.567. The second kappa shape index (κ2) is 9.81. The van der Waals surface area contributed by atoms with Crippen LogP contribution in [-0.4, -0.2) is 34.9 Å². The van der Waals surface area contributed by atoms with Gasteiger partial charge in [0.15, 0.2) is 6.61 Å². The molecule has 0 aliphatic carbocycles. The number of benzene rings is 3. The van der Waals surface area contributed by atoms with Crippen molar-refractivity contribution in [3.8, 4) is 5.75 Å². The molecule has 2 amide bonds. The predicted molar refractivity (Wildman–Crippen MR) is 124 cm³/mol. The van der Waals surface area contributed by atoms with Crippen molar-refractivity contribution in [2.45, 2.75) is 45.8 Å². The number of hydrogen-bond acceptors (Lipinski definition) is 3. The number of carbonyl (C=O) groups excluding carboxylic acids is 2. The molecule has 0 heterocycles. The highest BCUT2D eigenvalue weighted by atomic mass is 19.1. The van der Waals surface area contributed by atoms with E-state index in [1.807, 2.05) is 57.2 Å². The molecule has 5 nitrogen and oxygen atoms in total. The molecule has 0 aliphatic rings. The Hall–Kier alpha value is -3.41. The number of hydrogen-bond donors (Lipinski definition) is 1. The first kappa shape index (κ1) is 23.3. The minimum atomic E-state index is -0.808. The van der Waals surface area contributed by atoms with Crippen molar-refractivity contribution in [2.75, 3.05) is 6.61 Å². The second-order valence-corrected chi connectivity index (χ2v) is 8.79. The van der Waals surface area contributed by atoms with Gasteiger partial charge in [-0.1, -0.05) is 54.6 Å². The average molecular weight is 437 g/mol. The van der Waals surface area contributed by atoms with Crippen LogP contribution in [0.4, 0.5) is 4.39 Å². The van der Waals surface area contributed by atoms with Gasteiger partial charge in [-0.25, -0.2) is 4.39 Å². The molecule has 168 valence electrons. The predicted octanol–water partition coefficient (Wildman–Crippen LogP) is 4.69. The van der Waals surface area contributed by atoms with Crippen LogP contribution in [0, 0.1) is 5.82 Å². The molecule has 0 aliphatic heterocycles. The molecule has 0 saturated carbocycles. The molecule has 32 heavy (non-hydrogen) atoms. The first-order valence-electron chi connectivity index (χ1n) is 10.6. The van der Waals surface area contributed by atoms with E-state index in [-0.39, 0.29) is 19.1 Å². The largest absolute Gasteiger partial charge is 0.483 e. The number of nitrogens with zero attached hydrogens (tertiary/aromatic N) is 1. The van der Waals surface area contributed by atoms with Crippen LogP contribution in [0.2, 0.25) is 0 Å². The quantitative estimate of drug-likeness (QED) is 0.585. The van der Waals surface area contributed by atoms with Gasteiger partial charge in [-0.05, 0) is 45.2 Å². The molecule has 1 unspecified atom stereocenters. The lowest BCUT2D eigenvalue weighted by Gasteiger charge is -2.31. The highest BCUT2D eigenvalue weighted by molar-refractivity contribution is 5.90. The van der Waals surface area contributed by atoms with Gasteiger partial charge in [0, 0.05) is 23.0 Å².